The van der Waals surface area contributed by atoms with Crippen LogP contribution in [0.1, 0.15) is 35.0 Å². The number of aromatic nitrogens is 1. The predicted molar refractivity (Wildman–Crippen MR) is 128 cm³/mol. The fourth-order valence-electron chi connectivity index (χ4n) is 3.45. The summed E-state index contributed by atoms with van der Waals surface area (Å²) in [7, 11) is 0. The van der Waals surface area contributed by atoms with Gasteiger partial charge in [0.25, 0.3) is 5.91 Å². The Hall–Kier alpha value is -3.32. The lowest BCUT2D eigenvalue weighted by Gasteiger charge is -2.30. The molecule has 1 aliphatic rings. The quantitative estimate of drug-likeness (QED) is 0.530. The molecule has 31 heavy (non-hydrogen) atoms. The van der Waals surface area contributed by atoms with Crippen LogP contribution in [0.4, 0.5) is 11.4 Å². The summed E-state index contributed by atoms with van der Waals surface area (Å²) in [5, 5.41) is 6.85. The number of anilines is 2. The van der Waals surface area contributed by atoms with Crippen molar-refractivity contribution < 1.29 is 4.79 Å². The first-order valence-electron chi connectivity index (χ1n) is 10.2. The van der Waals surface area contributed by atoms with E-state index in [2.05, 4.69) is 39.7 Å². The maximum Gasteiger partial charge on any atom is 0.274 e. The molecule has 2 aromatic carbocycles. The largest absolute Gasteiger partial charge is 0.380 e. The van der Waals surface area contributed by atoms with Crippen molar-refractivity contribution in [2.75, 3.05) is 16.4 Å². The number of amidine groups is 1. The number of hydrogen-bond acceptors (Lipinski definition) is 6. The SMILES string of the molecule is CC1(c2cccc(NC(=O)c3ccc(NCc4ccccc4)cn3)c2)CCSC(N)=N1. The van der Waals surface area contributed by atoms with Crippen molar-refractivity contribution in [3.63, 3.8) is 0 Å². The minimum Gasteiger partial charge on any atom is -0.380 e. The van der Waals surface area contributed by atoms with E-state index in [4.69, 9.17) is 5.73 Å². The van der Waals surface area contributed by atoms with Gasteiger partial charge in [0.05, 0.1) is 17.4 Å². The van der Waals surface area contributed by atoms with Gasteiger partial charge in [-0.05, 0) is 48.7 Å². The van der Waals surface area contributed by atoms with Gasteiger partial charge < -0.3 is 16.4 Å². The van der Waals surface area contributed by atoms with E-state index >= 15 is 0 Å². The summed E-state index contributed by atoms with van der Waals surface area (Å²) < 4.78 is 0. The second kappa shape index (κ2) is 9.22. The Bertz CT molecular complexity index is 1080. The van der Waals surface area contributed by atoms with Gasteiger partial charge in [0.15, 0.2) is 5.17 Å². The van der Waals surface area contributed by atoms with E-state index in [1.54, 1.807) is 24.0 Å². The number of nitrogens with one attached hydrogen (secondary N) is 2. The van der Waals surface area contributed by atoms with Gasteiger partial charge in [-0.25, -0.2) is 4.98 Å². The molecule has 1 aromatic heterocycles. The number of carbonyl (C=O) groups excluding carboxylic acids is 1. The molecule has 158 valence electrons. The van der Waals surface area contributed by atoms with E-state index < -0.39 is 0 Å². The molecule has 0 radical (unpaired) electrons. The van der Waals surface area contributed by atoms with Crippen LogP contribution in [0.2, 0.25) is 0 Å². The molecule has 0 saturated carbocycles. The van der Waals surface area contributed by atoms with Crippen LogP contribution in [0.15, 0.2) is 77.9 Å². The van der Waals surface area contributed by atoms with Crippen molar-refractivity contribution in [1.82, 2.24) is 4.98 Å². The first-order chi connectivity index (χ1) is 15.0. The average Bonchev–Trinajstić information content (AvgIpc) is 2.79. The van der Waals surface area contributed by atoms with E-state index in [0.717, 1.165) is 23.4 Å². The summed E-state index contributed by atoms with van der Waals surface area (Å²) in [5.74, 6) is 0.677. The first kappa shape index (κ1) is 20.9. The van der Waals surface area contributed by atoms with E-state index in [1.807, 2.05) is 48.5 Å². The highest BCUT2D eigenvalue weighted by molar-refractivity contribution is 8.13. The smallest absolute Gasteiger partial charge is 0.274 e. The van der Waals surface area contributed by atoms with E-state index in [1.165, 1.54) is 5.56 Å². The Labute approximate surface area is 186 Å². The van der Waals surface area contributed by atoms with E-state index in [-0.39, 0.29) is 11.4 Å². The van der Waals surface area contributed by atoms with Gasteiger partial charge in [-0.15, -0.1) is 0 Å². The minimum atomic E-state index is -0.375. The summed E-state index contributed by atoms with van der Waals surface area (Å²) >= 11 is 1.57. The van der Waals surface area contributed by atoms with Gasteiger partial charge in [0.2, 0.25) is 0 Å². The molecule has 7 heteroatoms. The molecule has 1 amide bonds. The van der Waals surface area contributed by atoms with Gasteiger partial charge in [-0.1, -0.05) is 54.2 Å². The molecule has 0 spiro atoms. The van der Waals surface area contributed by atoms with Crippen molar-refractivity contribution in [1.29, 1.82) is 0 Å². The summed E-state index contributed by atoms with van der Waals surface area (Å²) in [6.45, 7) is 2.77. The summed E-state index contributed by atoms with van der Waals surface area (Å²) in [6.07, 6.45) is 2.57. The van der Waals surface area contributed by atoms with Crippen LogP contribution in [-0.4, -0.2) is 21.8 Å². The zero-order chi connectivity index (χ0) is 21.7. The maximum atomic E-state index is 12.7. The van der Waals surface area contributed by atoms with Crippen LogP contribution in [0, 0.1) is 0 Å². The Kier molecular flexibility index (Phi) is 6.23. The Balaban J connectivity index is 1.41. The predicted octanol–water partition coefficient (Wildman–Crippen LogP) is 4.61. The Morgan fingerprint density at radius 1 is 1.10 bits per heavy atom. The van der Waals surface area contributed by atoms with Gasteiger partial charge in [-0.3, -0.25) is 9.79 Å². The third-order valence-corrected chi connectivity index (χ3v) is 6.07. The van der Waals surface area contributed by atoms with Crippen molar-refractivity contribution in [2.45, 2.75) is 25.4 Å². The molecular weight excluding hydrogens is 406 g/mol. The summed E-state index contributed by atoms with van der Waals surface area (Å²) in [6, 6.07) is 21.5. The topological polar surface area (TPSA) is 92.4 Å². The molecule has 0 aliphatic carbocycles. The van der Waals surface area contributed by atoms with Crippen LogP contribution in [0.25, 0.3) is 0 Å². The molecule has 0 saturated heterocycles. The zero-order valence-corrected chi connectivity index (χ0v) is 18.2. The Morgan fingerprint density at radius 3 is 2.68 bits per heavy atom. The number of amides is 1. The van der Waals surface area contributed by atoms with Gasteiger partial charge in [-0.2, -0.15) is 0 Å². The molecular formula is C24H25N5OS. The van der Waals surface area contributed by atoms with E-state index in [0.29, 0.717) is 23.1 Å². The first-order valence-corrected chi connectivity index (χ1v) is 11.1. The number of benzene rings is 2. The van der Waals surface area contributed by atoms with Crippen LogP contribution >= 0.6 is 11.8 Å². The second-order valence-electron chi connectivity index (χ2n) is 7.63. The number of nitrogens with two attached hydrogens (primary N) is 1. The molecule has 6 nitrogen and oxygen atoms in total. The van der Waals surface area contributed by atoms with Gasteiger partial charge >= 0.3 is 0 Å². The lowest BCUT2D eigenvalue weighted by molar-refractivity contribution is 0.102. The lowest BCUT2D eigenvalue weighted by Crippen LogP contribution is -2.28. The highest BCUT2D eigenvalue weighted by atomic mass is 32.2. The molecule has 0 bridgehead atoms. The summed E-state index contributed by atoms with van der Waals surface area (Å²) in [5.41, 5.74) is 9.71. The molecule has 1 aliphatic heterocycles. The van der Waals surface area contributed by atoms with Crippen molar-refractivity contribution in [3.8, 4) is 0 Å². The molecule has 3 aromatic rings. The maximum absolute atomic E-state index is 12.7. The minimum absolute atomic E-state index is 0.251. The van der Waals surface area contributed by atoms with E-state index in [9.17, 15) is 4.79 Å². The number of hydrogen-bond donors (Lipinski definition) is 3. The molecule has 1 unspecified atom stereocenters. The van der Waals surface area contributed by atoms with Gasteiger partial charge in [0.1, 0.15) is 5.69 Å². The molecule has 4 rings (SSSR count). The van der Waals surface area contributed by atoms with Gasteiger partial charge in [0, 0.05) is 18.0 Å². The van der Waals surface area contributed by atoms with Crippen LogP contribution in [0.3, 0.4) is 0 Å². The molecule has 2 heterocycles. The fraction of sp³-hybridized carbons (Fsp3) is 0.208. The number of thioether (sulfide) groups is 1. The number of pyridine rings is 1. The summed E-state index contributed by atoms with van der Waals surface area (Å²) in [4.78, 5) is 21.6. The highest BCUT2D eigenvalue weighted by Gasteiger charge is 2.29. The van der Waals surface area contributed by atoms with Crippen molar-refractivity contribution in [3.05, 3.63) is 89.7 Å². The molecule has 0 fully saturated rings. The fourth-order valence-corrected chi connectivity index (χ4v) is 4.43. The Morgan fingerprint density at radius 2 is 1.94 bits per heavy atom. The second-order valence-corrected chi connectivity index (χ2v) is 8.74. The number of aliphatic imine (C=N–C) groups is 1. The van der Waals surface area contributed by atoms with Crippen LogP contribution in [0.5, 0.6) is 0 Å². The van der Waals surface area contributed by atoms with Crippen LogP contribution in [-0.2, 0) is 12.1 Å². The third kappa shape index (κ3) is 5.24. The number of carbonyl (C=O) groups is 1. The molecule has 4 N–H and O–H groups in total. The van der Waals surface area contributed by atoms with Crippen LogP contribution < -0.4 is 16.4 Å². The standard InChI is InChI=1S/C24H25N5OS/c1-24(12-13-31-23(25)29-24)18-8-5-9-19(14-18)28-22(30)21-11-10-20(16-27-21)26-15-17-6-3-2-4-7-17/h2-11,14,16,26H,12-13,15H2,1H3,(H2,25,29)(H,28,30). The third-order valence-electron chi connectivity index (χ3n) is 5.27. The van der Waals surface area contributed by atoms with Crippen molar-refractivity contribution >= 4 is 34.2 Å². The average molecular weight is 432 g/mol. The monoisotopic (exact) mass is 431 g/mol. The normalized spacial score (nSPS) is 18.2. The number of rotatable bonds is 6. The highest BCUT2D eigenvalue weighted by Crippen LogP contribution is 2.35. The lowest BCUT2D eigenvalue weighted by atomic mass is 9.89. The zero-order valence-electron chi connectivity index (χ0n) is 17.3. The number of nitrogens with zero attached hydrogens (tertiary/aromatic N) is 2. The van der Waals surface area contributed by atoms with Crippen molar-refractivity contribution in [2.24, 2.45) is 10.7 Å². The molecule has 1 atom stereocenters.